The van der Waals surface area contributed by atoms with Gasteiger partial charge < -0.3 is 18.9 Å². The average molecular weight is 401 g/mol. The number of fused-ring (bicyclic) bond motifs is 1. The van der Waals surface area contributed by atoms with Gasteiger partial charge in [-0.25, -0.2) is 4.79 Å². The fourth-order valence-corrected chi connectivity index (χ4v) is 3.66. The second-order valence-corrected chi connectivity index (χ2v) is 7.76. The Morgan fingerprint density at radius 2 is 1.69 bits per heavy atom. The number of carbonyl (C=O) groups excluding carboxylic acids is 2. The van der Waals surface area contributed by atoms with Gasteiger partial charge in [-0.2, -0.15) is 0 Å². The van der Waals surface area contributed by atoms with Crippen LogP contribution < -0.4 is 9.47 Å². The molecule has 0 saturated carbocycles. The van der Waals surface area contributed by atoms with E-state index in [1.807, 2.05) is 6.07 Å². The molecule has 0 bridgehead atoms. The predicted molar refractivity (Wildman–Crippen MR) is 107 cm³/mol. The Hall–Kier alpha value is -2.83. The number of aliphatic imine (C=N–C) groups is 1. The Kier molecular flexibility index (Phi) is 5.96. The number of carbonyl (C=O) groups is 2. The van der Waals surface area contributed by atoms with Crippen molar-refractivity contribution in [2.75, 3.05) is 6.79 Å². The second-order valence-electron chi connectivity index (χ2n) is 7.76. The normalized spacial score (nSPS) is 20.8. The molecule has 0 N–H and O–H groups in total. The van der Waals surface area contributed by atoms with Crippen LogP contribution in [-0.2, 0) is 19.1 Å². The Bertz CT molecular complexity index is 883. The maximum atomic E-state index is 13.0. The highest BCUT2D eigenvalue weighted by molar-refractivity contribution is 6.07. The number of ether oxygens (including phenoxy) is 4. The van der Waals surface area contributed by atoms with Crippen molar-refractivity contribution in [3.05, 3.63) is 35.0 Å². The summed E-state index contributed by atoms with van der Waals surface area (Å²) in [6.07, 6.45) is -0.584. The van der Waals surface area contributed by atoms with Crippen molar-refractivity contribution in [2.24, 2.45) is 10.9 Å². The van der Waals surface area contributed by atoms with Crippen LogP contribution in [0.5, 0.6) is 11.5 Å². The zero-order valence-corrected chi connectivity index (χ0v) is 17.6. The van der Waals surface area contributed by atoms with Gasteiger partial charge in [0.05, 0.1) is 17.8 Å². The number of benzene rings is 1. The van der Waals surface area contributed by atoms with Crippen molar-refractivity contribution in [3.8, 4) is 11.5 Å². The molecule has 2 aliphatic rings. The lowest BCUT2D eigenvalue weighted by Gasteiger charge is -2.32. The summed E-state index contributed by atoms with van der Waals surface area (Å²) in [4.78, 5) is 30.5. The zero-order valence-electron chi connectivity index (χ0n) is 17.6. The number of hydrogen-bond donors (Lipinski definition) is 0. The summed E-state index contributed by atoms with van der Waals surface area (Å²) < 4.78 is 21.9. The summed E-state index contributed by atoms with van der Waals surface area (Å²) in [5.74, 6) is -1.04. The van der Waals surface area contributed by atoms with Crippen LogP contribution in [0, 0.1) is 5.92 Å². The Morgan fingerprint density at radius 3 is 2.34 bits per heavy atom. The van der Waals surface area contributed by atoms with Crippen molar-refractivity contribution in [3.63, 3.8) is 0 Å². The highest BCUT2D eigenvalue weighted by atomic mass is 16.7. The Labute approximate surface area is 170 Å². The fraction of sp³-hybridized carbons (Fsp3) is 0.500. The van der Waals surface area contributed by atoms with E-state index in [1.54, 1.807) is 53.7 Å². The largest absolute Gasteiger partial charge is 0.462 e. The smallest absolute Gasteiger partial charge is 0.336 e. The van der Waals surface area contributed by atoms with Crippen LogP contribution in [-0.4, -0.2) is 36.7 Å². The molecule has 1 unspecified atom stereocenters. The van der Waals surface area contributed by atoms with Gasteiger partial charge in [0.25, 0.3) is 0 Å². The lowest BCUT2D eigenvalue weighted by atomic mass is 9.75. The molecule has 7 heteroatoms. The number of esters is 2. The monoisotopic (exact) mass is 401 g/mol. The molecular formula is C22H27NO6. The van der Waals surface area contributed by atoms with E-state index in [0.717, 1.165) is 5.56 Å². The summed E-state index contributed by atoms with van der Waals surface area (Å²) in [6.45, 7) is 10.8. The summed E-state index contributed by atoms with van der Waals surface area (Å²) in [7, 11) is 0. The number of nitrogens with zero attached hydrogens (tertiary/aromatic N) is 1. The molecule has 0 radical (unpaired) electrons. The summed E-state index contributed by atoms with van der Waals surface area (Å²) in [5.41, 5.74) is 2.22. The van der Waals surface area contributed by atoms with Gasteiger partial charge >= 0.3 is 11.9 Å². The Balaban J connectivity index is 2.12. The van der Waals surface area contributed by atoms with Crippen LogP contribution in [0.25, 0.3) is 0 Å². The first-order valence-corrected chi connectivity index (χ1v) is 9.76. The molecule has 0 fully saturated rings. The first kappa shape index (κ1) is 20.9. The molecule has 1 aromatic rings. The number of rotatable bonds is 5. The maximum absolute atomic E-state index is 13.0. The lowest BCUT2D eigenvalue weighted by molar-refractivity contribution is -0.150. The van der Waals surface area contributed by atoms with E-state index in [2.05, 4.69) is 4.99 Å². The third kappa shape index (κ3) is 4.28. The summed E-state index contributed by atoms with van der Waals surface area (Å²) in [5, 5.41) is 0. The van der Waals surface area contributed by atoms with Crippen LogP contribution >= 0.6 is 0 Å². The summed E-state index contributed by atoms with van der Waals surface area (Å²) in [6, 6.07) is 5.42. The van der Waals surface area contributed by atoms with Gasteiger partial charge in [0.1, 0.15) is 5.92 Å². The van der Waals surface area contributed by atoms with Crippen molar-refractivity contribution in [1.82, 2.24) is 0 Å². The van der Waals surface area contributed by atoms with Gasteiger partial charge in [-0.05, 0) is 59.2 Å². The number of allylic oxidation sites excluding steroid dienone is 1. The molecule has 7 nitrogen and oxygen atoms in total. The molecule has 3 rings (SSSR count). The molecule has 1 aromatic carbocycles. The molecule has 2 aliphatic heterocycles. The molecule has 2 atom stereocenters. The second kappa shape index (κ2) is 8.27. The number of hydrogen-bond acceptors (Lipinski definition) is 7. The van der Waals surface area contributed by atoms with E-state index in [0.29, 0.717) is 28.5 Å². The SMILES string of the molecule is CC1=NC(C)=C(C(=O)OC(C)C)[C@H](c2ccc3c(c2)OCO3)C1C(=O)OC(C)C. The molecular weight excluding hydrogens is 374 g/mol. The molecule has 0 aliphatic carbocycles. The molecule has 2 heterocycles. The quantitative estimate of drug-likeness (QED) is 0.699. The highest BCUT2D eigenvalue weighted by Gasteiger charge is 2.43. The van der Waals surface area contributed by atoms with Gasteiger partial charge in [-0.3, -0.25) is 9.79 Å². The van der Waals surface area contributed by atoms with E-state index in [4.69, 9.17) is 18.9 Å². The Morgan fingerprint density at radius 1 is 1.03 bits per heavy atom. The molecule has 0 saturated heterocycles. The van der Waals surface area contributed by atoms with E-state index < -0.39 is 23.8 Å². The molecule has 0 aromatic heterocycles. The van der Waals surface area contributed by atoms with Crippen LogP contribution in [0.1, 0.15) is 53.0 Å². The van der Waals surface area contributed by atoms with Crippen molar-refractivity contribution in [2.45, 2.75) is 59.7 Å². The van der Waals surface area contributed by atoms with Crippen molar-refractivity contribution in [1.29, 1.82) is 0 Å². The van der Waals surface area contributed by atoms with E-state index in [1.165, 1.54) is 0 Å². The van der Waals surface area contributed by atoms with E-state index in [9.17, 15) is 9.59 Å². The minimum atomic E-state index is -0.740. The topological polar surface area (TPSA) is 83.4 Å². The first-order chi connectivity index (χ1) is 13.7. The summed E-state index contributed by atoms with van der Waals surface area (Å²) >= 11 is 0. The van der Waals surface area contributed by atoms with E-state index >= 15 is 0 Å². The minimum absolute atomic E-state index is 0.139. The zero-order chi connectivity index (χ0) is 21.3. The van der Waals surface area contributed by atoms with Gasteiger partial charge in [0, 0.05) is 17.3 Å². The third-order valence-electron chi connectivity index (χ3n) is 4.75. The van der Waals surface area contributed by atoms with Crippen LogP contribution in [0.3, 0.4) is 0 Å². The first-order valence-electron chi connectivity index (χ1n) is 9.76. The standard InChI is InChI=1S/C22H27NO6/c1-11(2)28-21(24)18-13(5)23-14(6)19(22(25)29-12(3)4)20(18)15-7-8-16-17(9-15)27-10-26-16/h7-9,11-12,18,20H,10H2,1-6H3/t18?,20-/m1/s1. The molecule has 0 spiro atoms. The van der Waals surface area contributed by atoms with Crippen molar-refractivity contribution >= 4 is 17.7 Å². The van der Waals surface area contributed by atoms with Gasteiger partial charge in [0.15, 0.2) is 11.5 Å². The van der Waals surface area contributed by atoms with Crippen LogP contribution in [0.15, 0.2) is 34.5 Å². The highest BCUT2D eigenvalue weighted by Crippen LogP contribution is 2.43. The molecule has 156 valence electrons. The molecule has 29 heavy (non-hydrogen) atoms. The third-order valence-corrected chi connectivity index (χ3v) is 4.75. The van der Waals surface area contributed by atoms with Crippen LogP contribution in [0.2, 0.25) is 0 Å². The van der Waals surface area contributed by atoms with Gasteiger partial charge in [-0.15, -0.1) is 0 Å². The van der Waals surface area contributed by atoms with Crippen molar-refractivity contribution < 1.29 is 28.5 Å². The van der Waals surface area contributed by atoms with Gasteiger partial charge in [-0.1, -0.05) is 6.07 Å². The molecule has 0 amide bonds. The maximum Gasteiger partial charge on any atom is 0.336 e. The predicted octanol–water partition coefficient (Wildman–Crippen LogP) is 3.77. The lowest BCUT2D eigenvalue weighted by Crippen LogP contribution is -2.37. The fourth-order valence-electron chi connectivity index (χ4n) is 3.66. The minimum Gasteiger partial charge on any atom is -0.462 e. The van der Waals surface area contributed by atoms with Gasteiger partial charge in [0.2, 0.25) is 6.79 Å². The average Bonchev–Trinajstić information content (AvgIpc) is 3.07. The van der Waals surface area contributed by atoms with Crippen LogP contribution in [0.4, 0.5) is 0 Å². The van der Waals surface area contributed by atoms with E-state index in [-0.39, 0.29) is 19.0 Å².